The first kappa shape index (κ1) is 11.7. The smallest absolute Gasteiger partial charge is 0.0268 e. The minimum Gasteiger partial charge on any atom is -0.309 e. The van der Waals surface area contributed by atoms with E-state index in [1.807, 2.05) is 0 Å². The molecule has 0 saturated heterocycles. The van der Waals surface area contributed by atoms with Crippen LogP contribution in [0.2, 0.25) is 0 Å². The zero-order valence-corrected chi connectivity index (χ0v) is 11.1. The van der Waals surface area contributed by atoms with Gasteiger partial charge >= 0.3 is 0 Å². The van der Waals surface area contributed by atoms with Crippen molar-refractivity contribution in [2.45, 2.75) is 51.0 Å². The Morgan fingerprint density at radius 1 is 1.13 bits per heavy atom. The predicted molar refractivity (Wildman–Crippen MR) is 69.2 cm³/mol. The Morgan fingerprint density at radius 3 is 2.60 bits per heavy atom. The number of rotatable bonds is 3. The largest absolute Gasteiger partial charge is 0.309 e. The van der Waals surface area contributed by atoms with Crippen molar-refractivity contribution < 1.29 is 0 Å². The number of halogens is 1. The van der Waals surface area contributed by atoms with Gasteiger partial charge in [-0.15, -0.1) is 0 Å². The number of nitrogens with one attached hydrogen (secondary N) is 1. The lowest BCUT2D eigenvalue weighted by atomic mass is 9.69. The van der Waals surface area contributed by atoms with Crippen molar-refractivity contribution in [3.63, 3.8) is 0 Å². The summed E-state index contributed by atoms with van der Waals surface area (Å²) in [5, 5.41) is 3.61. The third-order valence-corrected chi connectivity index (χ3v) is 4.40. The topological polar surface area (TPSA) is 12.0 Å². The summed E-state index contributed by atoms with van der Waals surface area (Å²) in [5.74, 6) is 2.08. The van der Waals surface area contributed by atoms with Crippen LogP contribution in [0.25, 0.3) is 0 Å². The molecule has 0 heterocycles. The summed E-state index contributed by atoms with van der Waals surface area (Å²) in [6, 6.07) is 0.749. The molecule has 1 N–H and O–H groups in total. The van der Waals surface area contributed by atoms with Crippen LogP contribution < -0.4 is 5.32 Å². The molecule has 0 aromatic rings. The van der Waals surface area contributed by atoms with Gasteiger partial charge in [-0.1, -0.05) is 48.2 Å². The average Bonchev–Trinajstić information content (AvgIpc) is 2.26. The van der Waals surface area contributed by atoms with E-state index in [0.717, 1.165) is 28.9 Å². The van der Waals surface area contributed by atoms with Crippen molar-refractivity contribution in [1.82, 2.24) is 5.32 Å². The summed E-state index contributed by atoms with van der Waals surface area (Å²) in [6.45, 7) is 4.81. The van der Waals surface area contributed by atoms with E-state index in [2.05, 4.69) is 27.8 Å². The molecule has 2 fully saturated rings. The molecule has 3 unspecified atom stereocenters. The average molecular weight is 272 g/mol. The van der Waals surface area contributed by atoms with Crippen molar-refractivity contribution in [2.24, 2.45) is 11.8 Å². The number of hydrogen-bond donors (Lipinski definition) is 1. The van der Waals surface area contributed by atoms with Crippen molar-refractivity contribution in [3.8, 4) is 0 Å². The van der Waals surface area contributed by atoms with Crippen LogP contribution in [0.15, 0.2) is 11.1 Å². The van der Waals surface area contributed by atoms with Gasteiger partial charge in [0.2, 0.25) is 0 Å². The van der Waals surface area contributed by atoms with Gasteiger partial charge in [-0.05, 0) is 31.1 Å². The summed E-state index contributed by atoms with van der Waals surface area (Å²) in [7, 11) is 0. The van der Waals surface area contributed by atoms with Gasteiger partial charge in [0.25, 0.3) is 0 Å². The lowest BCUT2D eigenvalue weighted by Crippen LogP contribution is -2.39. The van der Waals surface area contributed by atoms with E-state index in [1.165, 1.54) is 44.9 Å². The van der Waals surface area contributed by atoms with Crippen molar-refractivity contribution >= 4 is 15.9 Å². The second kappa shape index (κ2) is 5.49. The number of hydrogen-bond acceptors (Lipinski definition) is 1. The fourth-order valence-electron chi connectivity index (χ4n) is 3.31. The molecule has 2 aliphatic rings. The first-order valence-corrected chi connectivity index (χ1v) is 7.11. The van der Waals surface area contributed by atoms with Gasteiger partial charge in [0, 0.05) is 17.1 Å². The zero-order chi connectivity index (χ0) is 10.7. The standard InChI is InChI=1S/C13H22BrN/c1-10(14)9-15-13-7-6-11-4-2-3-5-12(11)8-13/h11-13,15H,1-9H2. The van der Waals surface area contributed by atoms with Crippen LogP contribution in [0.3, 0.4) is 0 Å². The molecule has 2 heteroatoms. The molecule has 3 atom stereocenters. The maximum absolute atomic E-state index is 3.88. The lowest BCUT2D eigenvalue weighted by Gasteiger charge is -2.39. The van der Waals surface area contributed by atoms with Crippen molar-refractivity contribution in [3.05, 3.63) is 11.1 Å². The third-order valence-electron chi connectivity index (χ3n) is 4.12. The Labute approximate surface area is 102 Å². The Morgan fingerprint density at radius 2 is 1.87 bits per heavy atom. The highest BCUT2D eigenvalue weighted by Gasteiger charge is 2.31. The van der Waals surface area contributed by atoms with Crippen LogP contribution in [0.5, 0.6) is 0 Å². The quantitative estimate of drug-likeness (QED) is 0.823. The predicted octanol–water partition coefficient (Wildman–Crippen LogP) is 3.84. The van der Waals surface area contributed by atoms with E-state index >= 15 is 0 Å². The van der Waals surface area contributed by atoms with Crippen LogP contribution in [0.4, 0.5) is 0 Å². The molecular formula is C13H22BrN. The maximum atomic E-state index is 3.88. The van der Waals surface area contributed by atoms with Gasteiger partial charge in [-0.25, -0.2) is 0 Å². The van der Waals surface area contributed by atoms with Crippen LogP contribution in [-0.2, 0) is 0 Å². The minimum absolute atomic E-state index is 0.749. The van der Waals surface area contributed by atoms with Crippen molar-refractivity contribution in [2.75, 3.05) is 6.54 Å². The molecule has 0 radical (unpaired) electrons. The molecule has 1 nitrogen and oxygen atoms in total. The highest BCUT2D eigenvalue weighted by Crippen LogP contribution is 2.40. The molecular weight excluding hydrogens is 250 g/mol. The Hall–Kier alpha value is 0.180. The van der Waals surface area contributed by atoms with Crippen LogP contribution in [0.1, 0.15) is 44.9 Å². The van der Waals surface area contributed by atoms with Crippen molar-refractivity contribution in [1.29, 1.82) is 0 Å². The Bertz CT molecular complexity index is 227. The van der Waals surface area contributed by atoms with E-state index in [0.29, 0.717) is 0 Å². The van der Waals surface area contributed by atoms with Gasteiger partial charge in [0.1, 0.15) is 0 Å². The first-order valence-electron chi connectivity index (χ1n) is 6.32. The fourth-order valence-corrected chi connectivity index (χ4v) is 3.48. The second-order valence-electron chi connectivity index (χ2n) is 5.21. The highest BCUT2D eigenvalue weighted by atomic mass is 79.9. The summed E-state index contributed by atoms with van der Waals surface area (Å²) in [4.78, 5) is 0. The summed E-state index contributed by atoms with van der Waals surface area (Å²) >= 11 is 3.41. The van der Waals surface area contributed by atoms with E-state index in [-0.39, 0.29) is 0 Å². The Balaban J connectivity index is 1.78. The molecule has 0 spiro atoms. The minimum atomic E-state index is 0.749. The first-order chi connectivity index (χ1) is 7.25. The molecule has 2 aliphatic carbocycles. The molecule has 86 valence electrons. The molecule has 0 aromatic carbocycles. The molecule has 15 heavy (non-hydrogen) atoms. The molecule has 0 aromatic heterocycles. The lowest BCUT2D eigenvalue weighted by molar-refractivity contribution is 0.145. The Kier molecular flexibility index (Phi) is 4.27. The monoisotopic (exact) mass is 271 g/mol. The van der Waals surface area contributed by atoms with Gasteiger partial charge in [0.15, 0.2) is 0 Å². The summed E-state index contributed by atoms with van der Waals surface area (Å²) in [6.07, 6.45) is 10.2. The molecule has 0 amide bonds. The third kappa shape index (κ3) is 3.32. The summed E-state index contributed by atoms with van der Waals surface area (Å²) in [5.41, 5.74) is 0. The normalized spacial score (nSPS) is 35.9. The molecule has 2 rings (SSSR count). The highest BCUT2D eigenvalue weighted by molar-refractivity contribution is 9.11. The van der Waals surface area contributed by atoms with Crippen LogP contribution >= 0.6 is 15.9 Å². The fraction of sp³-hybridized carbons (Fsp3) is 0.846. The zero-order valence-electron chi connectivity index (χ0n) is 9.47. The van der Waals surface area contributed by atoms with E-state index in [4.69, 9.17) is 0 Å². The molecule has 0 bridgehead atoms. The van der Waals surface area contributed by atoms with Gasteiger partial charge in [0.05, 0.1) is 0 Å². The van der Waals surface area contributed by atoms with Gasteiger partial charge in [-0.2, -0.15) is 0 Å². The van der Waals surface area contributed by atoms with E-state index < -0.39 is 0 Å². The van der Waals surface area contributed by atoms with Crippen LogP contribution in [-0.4, -0.2) is 12.6 Å². The maximum Gasteiger partial charge on any atom is 0.0268 e. The molecule has 0 aliphatic heterocycles. The van der Waals surface area contributed by atoms with E-state index in [9.17, 15) is 0 Å². The van der Waals surface area contributed by atoms with Gasteiger partial charge in [-0.3, -0.25) is 0 Å². The van der Waals surface area contributed by atoms with E-state index in [1.54, 1.807) is 0 Å². The summed E-state index contributed by atoms with van der Waals surface area (Å²) < 4.78 is 1.08. The number of fused-ring (bicyclic) bond motifs is 1. The van der Waals surface area contributed by atoms with Crippen LogP contribution in [0, 0.1) is 11.8 Å². The SMILES string of the molecule is C=C(Br)CNC1CCC2CCCCC2C1. The second-order valence-corrected chi connectivity index (χ2v) is 6.33. The van der Waals surface area contributed by atoms with Gasteiger partial charge < -0.3 is 5.32 Å². The molecule has 2 saturated carbocycles.